The van der Waals surface area contributed by atoms with Gasteiger partial charge in [0.1, 0.15) is 5.65 Å². The van der Waals surface area contributed by atoms with E-state index in [1.165, 1.54) is 24.3 Å². The summed E-state index contributed by atoms with van der Waals surface area (Å²) in [7, 11) is 0. The third-order valence-electron chi connectivity index (χ3n) is 7.62. The van der Waals surface area contributed by atoms with Crippen molar-refractivity contribution in [2.45, 2.75) is 12.7 Å². The summed E-state index contributed by atoms with van der Waals surface area (Å²) < 4.78 is 42.1. The first kappa shape index (κ1) is 28.1. The van der Waals surface area contributed by atoms with Crippen LogP contribution < -0.4 is 0 Å². The number of aromatic nitrogens is 2. The van der Waals surface area contributed by atoms with Crippen molar-refractivity contribution >= 4 is 17.2 Å². The lowest BCUT2D eigenvalue weighted by Gasteiger charge is -2.34. The van der Waals surface area contributed by atoms with Gasteiger partial charge in [0.05, 0.1) is 21.9 Å². The second-order valence-electron chi connectivity index (χ2n) is 10.4. The number of pyridine rings is 1. The van der Waals surface area contributed by atoms with E-state index in [0.29, 0.717) is 49.5 Å². The van der Waals surface area contributed by atoms with Crippen molar-refractivity contribution in [3.63, 3.8) is 0 Å². The monoisotopic (exact) mass is 585 g/mol. The Balaban J connectivity index is 1.28. The van der Waals surface area contributed by atoms with E-state index in [2.05, 4.69) is 4.90 Å². The molecule has 3 heterocycles. The number of imidazole rings is 1. The molecule has 0 N–H and O–H groups in total. The summed E-state index contributed by atoms with van der Waals surface area (Å²) in [6.07, 6.45) is -2.62. The molecule has 3 aromatic carbocycles. The van der Waals surface area contributed by atoms with E-state index in [1.54, 1.807) is 29.2 Å². The lowest BCUT2D eigenvalue weighted by atomic mass is 10.0. The van der Waals surface area contributed by atoms with Crippen LogP contribution in [0.1, 0.15) is 21.6 Å². The number of rotatable bonds is 6. The molecule has 1 saturated heterocycles. The molecule has 0 saturated carbocycles. The van der Waals surface area contributed by atoms with Gasteiger partial charge in [-0.2, -0.15) is 13.2 Å². The summed E-state index contributed by atoms with van der Waals surface area (Å²) >= 11 is 0. The first-order valence-corrected chi connectivity index (χ1v) is 13.7. The van der Waals surface area contributed by atoms with Crippen molar-refractivity contribution < 1.29 is 22.9 Å². The molecule has 0 unspecified atom stereocenters. The molecule has 0 atom stereocenters. The fourth-order valence-electron chi connectivity index (χ4n) is 5.37. The SMILES string of the molecule is O=C(c1cccc([N+](=O)[O-])c1)N1CCN(Cc2c(-c3ccccc3)nc3ccc(-c4cccc(C(F)(F)F)c4)cn23)CC1. The van der Waals surface area contributed by atoms with Gasteiger partial charge in [-0.1, -0.05) is 48.5 Å². The molecule has 1 fully saturated rings. The zero-order chi connectivity index (χ0) is 30.1. The highest BCUT2D eigenvalue weighted by atomic mass is 19.4. The maximum atomic E-state index is 13.4. The molecule has 0 spiro atoms. The van der Waals surface area contributed by atoms with Crippen LogP contribution >= 0.6 is 0 Å². The molecule has 6 rings (SSSR count). The van der Waals surface area contributed by atoms with E-state index in [-0.39, 0.29) is 17.2 Å². The number of carbonyl (C=O) groups excluding carboxylic acids is 1. The number of piperazine rings is 1. The molecule has 5 aromatic rings. The number of non-ortho nitro benzene ring substituents is 1. The maximum absolute atomic E-state index is 13.4. The molecule has 0 radical (unpaired) electrons. The van der Waals surface area contributed by atoms with Crippen LogP contribution in [0.2, 0.25) is 0 Å². The van der Waals surface area contributed by atoms with E-state index in [0.717, 1.165) is 29.1 Å². The van der Waals surface area contributed by atoms with Crippen LogP contribution in [0.4, 0.5) is 18.9 Å². The van der Waals surface area contributed by atoms with Crippen molar-refractivity contribution in [3.8, 4) is 22.4 Å². The van der Waals surface area contributed by atoms with Gasteiger partial charge in [0.25, 0.3) is 11.6 Å². The van der Waals surface area contributed by atoms with Crippen molar-refractivity contribution in [3.05, 3.63) is 124 Å². The lowest BCUT2D eigenvalue weighted by molar-refractivity contribution is -0.384. The minimum absolute atomic E-state index is 0.130. The molecule has 2 aromatic heterocycles. The highest BCUT2D eigenvalue weighted by Gasteiger charge is 2.30. The Morgan fingerprint density at radius 1 is 0.837 bits per heavy atom. The first-order chi connectivity index (χ1) is 20.7. The smallest absolute Gasteiger partial charge is 0.336 e. The number of nitro benzene ring substituents is 1. The lowest BCUT2D eigenvalue weighted by Crippen LogP contribution is -2.48. The Labute approximate surface area is 244 Å². The van der Waals surface area contributed by atoms with Gasteiger partial charge in [0.15, 0.2) is 0 Å². The zero-order valence-electron chi connectivity index (χ0n) is 22.9. The molecule has 218 valence electrons. The zero-order valence-corrected chi connectivity index (χ0v) is 22.9. The van der Waals surface area contributed by atoms with Gasteiger partial charge in [0, 0.05) is 62.2 Å². The number of nitrogens with zero attached hydrogens (tertiary/aromatic N) is 5. The standard InChI is InChI=1S/C32H26F3N5O3/c33-32(34,35)26-10-4-8-23(18-26)25-12-13-29-36-30(22-6-2-1-3-7-22)28(39(29)20-25)21-37-14-16-38(17-15-37)31(41)24-9-5-11-27(19-24)40(42)43/h1-13,18-20H,14-17,21H2. The number of amides is 1. The maximum Gasteiger partial charge on any atom is 0.416 e. The fraction of sp³-hybridized carbons (Fsp3) is 0.188. The van der Waals surface area contributed by atoms with Gasteiger partial charge < -0.3 is 9.30 Å². The molecule has 1 aliphatic rings. The first-order valence-electron chi connectivity index (χ1n) is 13.7. The van der Waals surface area contributed by atoms with E-state index < -0.39 is 16.7 Å². The normalized spacial score (nSPS) is 14.3. The summed E-state index contributed by atoms with van der Waals surface area (Å²) in [6, 6.07) is 24.3. The number of carbonyl (C=O) groups is 1. The van der Waals surface area contributed by atoms with Crippen LogP contribution in [0.3, 0.4) is 0 Å². The summed E-state index contributed by atoms with van der Waals surface area (Å²) in [5, 5.41) is 11.1. The average molecular weight is 586 g/mol. The molecular weight excluding hydrogens is 559 g/mol. The van der Waals surface area contributed by atoms with Crippen molar-refractivity contribution in [1.29, 1.82) is 0 Å². The van der Waals surface area contributed by atoms with Crippen molar-refractivity contribution in [2.24, 2.45) is 0 Å². The summed E-state index contributed by atoms with van der Waals surface area (Å²) in [5.74, 6) is -0.256. The Morgan fingerprint density at radius 2 is 1.56 bits per heavy atom. The fourth-order valence-corrected chi connectivity index (χ4v) is 5.37. The Kier molecular flexibility index (Phi) is 7.41. The molecule has 0 bridgehead atoms. The van der Waals surface area contributed by atoms with Crippen LogP contribution in [-0.2, 0) is 12.7 Å². The van der Waals surface area contributed by atoms with Crippen LogP contribution in [0.5, 0.6) is 0 Å². The summed E-state index contributed by atoms with van der Waals surface area (Å²) in [4.78, 5) is 32.5. The minimum Gasteiger partial charge on any atom is -0.336 e. The molecule has 1 amide bonds. The second kappa shape index (κ2) is 11.3. The van der Waals surface area contributed by atoms with E-state index >= 15 is 0 Å². The van der Waals surface area contributed by atoms with Crippen LogP contribution in [-0.4, -0.2) is 56.2 Å². The van der Waals surface area contributed by atoms with Gasteiger partial charge in [-0.05, 0) is 41.5 Å². The highest BCUT2D eigenvalue weighted by Crippen LogP contribution is 2.33. The predicted molar refractivity (Wildman–Crippen MR) is 155 cm³/mol. The third kappa shape index (κ3) is 5.84. The molecule has 11 heteroatoms. The number of alkyl halides is 3. The van der Waals surface area contributed by atoms with Crippen molar-refractivity contribution in [1.82, 2.24) is 19.2 Å². The molecule has 43 heavy (non-hydrogen) atoms. The van der Waals surface area contributed by atoms with Gasteiger partial charge in [-0.3, -0.25) is 19.8 Å². The number of nitro groups is 1. The Hall–Kier alpha value is -5.03. The molecule has 8 nitrogen and oxygen atoms in total. The van der Waals surface area contributed by atoms with Gasteiger partial charge in [-0.25, -0.2) is 4.98 Å². The molecule has 1 aliphatic heterocycles. The van der Waals surface area contributed by atoms with E-state index in [9.17, 15) is 28.1 Å². The van der Waals surface area contributed by atoms with E-state index in [1.807, 2.05) is 40.9 Å². The predicted octanol–water partition coefficient (Wildman–Crippen LogP) is 6.55. The highest BCUT2D eigenvalue weighted by molar-refractivity contribution is 5.95. The van der Waals surface area contributed by atoms with E-state index in [4.69, 9.17) is 4.98 Å². The summed E-state index contributed by atoms with van der Waals surface area (Å²) in [5.41, 5.74) is 3.76. The van der Waals surface area contributed by atoms with Crippen molar-refractivity contribution in [2.75, 3.05) is 26.2 Å². The number of hydrogen-bond acceptors (Lipinski definition) is 5. The molecule has 0 aliphatic carbocycles. The minimum atomic E-state index is -4.44. The van der Waals surface area contributed by atoms with Gasteiger partial charge in [-0.15, -0.1) is 0 Å². The average Bonchev–Trinajstić information content (AvgIpc) is 3.38. The van der Waals surface area contributed by atoms with Crippen LogP contribution in [0.25, 0.3) is 28.0 Å². The number of benzene rings is 3. The van der Waals surface area contributed by atoms with Crippen LogP contribution in [0.15, 0.2) is 97.2 Å². The number of hydrogen-bond donors (Lipinski definition) is 0. The topological polar surface area (TPSA) is 84.0 Å². The largest absolute Gasteiger partial charge is 0.416 e. The Bertz CT molecular complexity index is 1810. The quantitative estimate of drug-likeness (QED) is 0.167. The van der Waals surface area contributed by atoms with Gasteiger partial charge >= 0.3 is 6.18 Å². The molecular formula is C32H26F3N5O3. The third-order valence-corrected chi connectivity index (χ3v) is 7.62. The second-order valence-corrected chi connectivity index (χ2v) is 10.4. The number of fused-ring (bicyclic) bond motifs is 1. The van der Waals surface area contributed by atoms with Gasteiger partial charge in [0.2, 0.25) is 0 Å². The Morgan fingerprint density at radius 3 is 2.28 bits per heavy atom. The van der Waals surface area contributed by atoms with Crippen LogP contribution in [0, 0.1) is 10.1 Å². The number of halogens is 3. The summed E-state index contributed by atoms with van der Waals surface area (Å²) in [6.45, 7) is 2.50.